The highest BCUT2D eigenvalue weighted by Gasteiger charge is 2.33. The van der Waals surface area contributed by atoms with E-state index in [9.17, 15) is 22.8 Å². The first-order chi connectivity index (χ1) is 14.3. The van der Waals surface area contributed by atoms with Crippen molar-refractivity contribution in [1.29, 1.82) is 0 Å². The molecule has 2 rings (SSSR count). The number of cyclic esters (lactones) is 1. The van der Waals surface area contributed by atoms with Crippen LogP contribution in [-0.2, 0) is 27.0 Å². The molecule has 170 valence electrons. The van der Waals surface area contributed by atoms with Crippen LogP contribution in [0.25, 0.3) is 0 Å². The summed E-state index contributed by atoms with van der Waals surface area (Å²) in [6.45, 7) is 9.28. The number of fused-ring (bicyclic) bond motifs is 1. The molecule has 0 saturated heterocycles. The highest BCUT2D eigenvalue weighted by Crippen LogP contribution is 2.31. The standard InChI is InChI=1S/C22H27F3N2O4/c1-13-10-15-11-16(22(23,24)25)7-8-17(15)19(28)26-12-21(3,4)18(27-30-5)9-6-14(2)31-20(13)29/h7-8,11,14H,1,6,9-10,12H2,2-5H3,(H,26,28)/b27-18+/t14-/m1/s1. The molecule has 0 fully saturated rings. The Labute approximate surface area is 179 Å². The summed E-state index contributed by atoms with van der Waals surface area (Å²) in [5.74, 6) is -1.28. The topological polar surface area (TPSA) is 77.0 Å². The van der Waals surface area contributed by atoms with Gasteiger partial charge in [-0.1, -0.05) is 25.6 Å². The molecule has 0 bridgehead atoms. The molecule has 1 heterocycles. The number of oxime groups is 1. The zero-order valence-corrected chi connectivity index (χ0v) is 18.1. The second kappa shape index (κ2) is 9.53. The lowest BCUT2D eigenvalue weighted by molar-refractivity contribution is -0.143. The monoisotopic (exact) mass is 440 g/mol. The number of amides is 1. The van der Waals surface area contributed by atoms with Crippen LogP contribution in [0, 0.1) is 5.41 Å². The number of hydrogen-bond acceptors (Lipinski definition) is 5. The molecule has 0 aliphatic carbocycles. The first kappa shape index (κ1) is 24.4. The van der Waals surface area contributed by atoms with E-state index in [1.165, 1.54) is 7.11 Å². The summed E-state index contributed by atoms with van der Waals surface area (Å²) < 4.78 is 45.0. The second-order valence-electron chi connectivity index (χ2n) is 8.19. The molecule has 1 amide bonds. The van der Waals surface area contributed by atoms with Crippen molar-refractivity contribution < 1.29 is 32.3 Å². The molecule has 0 unspecified atom stereocenters. The van der Waals surface area contributed by atoms with Gasteiger partial charge < -0.3 is 14.9 Å². The van der Waals surface area contributed by atoms with Crippen molar-refractivity contribution in [2.24, 2.45) is 10.6 Å². The Morgan fingerprint density at radius 1 is 1.29 bits per heavy atom. The number of benzene rings is 1. The molecular weight excluding hydrogens is 413 g/mol. The van der Waals surface area contributed by atoms with Gasteiger partial charge in [-0.3, -0.25) is 4.79 Å². The summed E-state index contributed by atoms with van der Waals surface area (Å²) in [4.78, 5) is 30.2. The van der Waals surface area contributed by atoms with Crippen LogP contribution in [-0.4, -0.2) is 37.3 Å². The van der Waals surface area contributed by atoms with Crippen LogP contribution in [0.1, 0.15) is 55.1 Å². The van der Waals surface area contributed by atoms with Crippen LogP contribution < -0.4 is 5.32 Å². The van der Waals surface area contributed by atoms with Crippen molar-refractivity contribution >= 4 is 17.6 Å². The minimum atomic E-state index is -4.59. The molecule has 0 aromatic heterocycles. The lowest BCUT2D eigenvalue weighted by Crippen LogP contribution is -2.40. The van der Waals surface area contributed by atoms with E-state index in [2.05, 4.69) is 17.1 Å². The zero-order chi connectivity index (χ0) is 23.4. The maximum atomic E-state index is 13.2. The van der Waals surface area contributed by atoms with Crippen molar-refractivity contribution in [1.82, 2.24) is 5.32 Å². The minimum absolute atomic E-state index is 0.0353. The third kappa shape index (κ3) is 6.32. The number of halogens is 3. The van der Waals surface area contributed by atoms with Crippen LogP contribution in [0.4, 0.5) is 13.2 Å². The van der Waals surface area contributed by atoms with Crippen molar-refractivity contribution in [3.63, 3.8) is 0 Å². The smallest absolute Gasteiger partial charge is 0.416 e. The zero-order valence-electron chi connectivity index (χ0n) is 18.1. The summed E-state index contributed by atoms with van der Waals surface area (Å²) in [5.41, 5.74) is -0.819. The van der Waals surface area contributed by atoms with Crippen LogP contribution in [0.3, 0.4) is 0 Å². The van der Waals surface area contributed by atoms with Gasteiger partial charge in [0.1, 0.15) is 7.11 Å². The predicted octanol–water partition coefficient (Wildman–Crippen LogP) is 4.29. The summed E-state index contributed by atoms with van der Waals surface area (Å²) in [6.07, 6.45) is -4.39. The Morgan fingerprint density at radius 2 is 1.97 bits per heavy atom. The number of carbonyl (C=O) groups is 2. The van der Waals surface area contributed by atoms with E-state index in [1.54, 1.807) is 6.92 Å². The van der Waals surface area contributed by atoms with Gasteiger partial charge in [0.15, 0.2) is 0 Å². The van der Waals surface area contributed by atoms with E-state index < -0.39 is 35.1 Å². The number of hydrogen-bond donors (Lipinski definition) is 1. The number of alkyl halides is 3. The van der Waals surface area contributed by atoms with Crippen molar-refractivity contribution in [2.75, 3.05) is 13.7 Å². The molecule has 0 saturated carbocycles. The SMILES string of the molecule is C=C1Cc2cc(C(F)(F)F)ccc2C(=O)NCC(C)(C)/C(=N/OC)CC[C@@H](C)OC1=O. The fourth-order valence-electron chi connectivity index (χ4n) is 3.22. The van der Waals surface area contributed by atoms with Crippen LogP contribution in [0.5, 0.6) is 0 Å². The van der Waals surface area contributed by atoms with Gasteiger partial charge in [0.25, 0.3) is 5.91 Å². The molecule has 1 aromatic carbocycles. The van der Waals surface area contributed by atoms with E-state index >= 15 is 0 Å². The average Bonchev–Trinajstić information content (AvgIpc) is 2.67. The van der Waals surface area contributed by atoms with E-state index in [0.717, 1.165) is 18.2 Å². The van der Waals surface area contributed by atoms with Crippen LogP contribution >= 0.6 is 0 Å². The number of nitrogens with one attached hydrogen (secondary N) is 1. The summed E-state index contributed by atoms with van der Waals surface area (Å²) in [6, 6.07) is 2.82. The third-order valence-electron chi connectivity index (χ3n) is 5.14. The van der Waals surface area contributed by atoms with Gasteiger partial charge >= 0.3 is 12.1 Å². The van der Waals surface area contributed by atoms with Gasteiger partial charge in [0, 0.05) is 29.5 Å². The average molecular weight is 440 g/mol. The van der Waals surface area contributed by atoms with Gasteiger partial charge in [-0.2, -0.15) is 13.2 Å². The van der Waals surface area contributed by atoms with Gasteiger partial charge in [0.2, 0.25) is 0 Å². The summed E-state index contributed by atoms with van der Waals surface area (Å²) in [5, 5.41) is 6.83. The number of rotatable bonds is 1. The molecule has 1 aliphatic heterocycles. The maximum absolute atomic E-state index is 13.2. The molecule has 1 N–H and O–H groups in total. The molecular formula is C22H27F3N2O4. The molecule has 1 aromatic rings. The van der Waals surface area contributed by atoms with Crippen molar-refractivity contribution in [2.45, 2.75) is 52.3 Å². The first-order valence-corrected chi connectivity index (χ1v) is 9.82. The van der Waals surface area contributed by atoms with Gasteiger partial charge in [-0.15, -0.1) is 0 Å². The normalized spacial score (nSPS) is 22.2. The Kier molecular flexibility index (Phi) is 7.51. The fraction of sp³-hybridized carbons (Fsp3) is 0.500. The Hall–Kier alpha value is -2.84. The Balaban J connectivity index is 2.49. The predicted molar refractivity (Wildman–Crippen MR) is 110 cm³/mol. The highest BCUT2D eigenvalue weighted by molar-refractivity contribution is 5.97. The van der Waals surface area contributed by atoms with Crippen LogP contribution in [0.2, 0.25) is 0 Å². The molecule has 1 aliphatic rings. The quantitative estimate of drug-likeness (QED) is 0.402. The lowest BCUT2D eigenvalue weighted by Gasteiger charge is -2.28. The molecule has 9 heteroatoms. The number of carbonyl (C=O) groups excluding carboxylic acids is 2. The van der Waals surface area contributed by atoms with E-state index in [1.807, 2.05) is 13.8 Å². The summed E-state index contributed by atoms with van der Waals surface area (Å²) >= 11 is 0. The fourth-order valence-corrected chi connectivity index (χ4v) is 3.22. The van der Waals surface area contributed by atoms with Gasteiger partial charge in [-0.25, -0.2) is 4.79 Å². The maximum Gasteiger partial charge on any atom is 0.416 e. The van der Waals surface area contributed by atoms with E-state index in [-0.39, 0.29) is 29.7 Å². The largest absolute Gasteiger partial charge is 0.459 e. The molecule has 0 spiro atoms. The molecule has 31 heavy (non-hydrogen) atoms. The summed E-state index contributed by atoms with van der Waals surface area (Å²) in [7, 11) is 1.41. The molecule has 0 radical (unpaired) electrons. The molecule has 1 atom stereocenters. The van der Waals surface area contributed by atoms with Crippen molar-refractivity contribution in [3.8, 4) is 0 Å². The molecule has 6 nitrogen and oxygen atoms in total. The Bertz CT molecular complexity index is 891. The van der Waals surface area contributed by atoms with E-state index in [4.69, 9.17) is 9.57 Å². The third-order valence-corrected chi connectivity index (χ3v) is 5.14. The van der Waals surface area contributed by atoms with E-state index in [0.29, 0.717) is 18.6 Å². The van der Waals surface area contributed by atoms with Crippen molar-refractivity contribution in [3.05, 3.63) is 47.0 Å². The number of nitrogens with zero attached hydrogens (tertiary/aromatic N) is 1. The van der Waals surface area contributed by atoms with Crippen LogP contribution in [0.15, 0.2) is 35.5 Å². The minimum Gasteiger partial charge on any atom is -0.459 e. The lowest BCUT2D eigenvalue weighted by atomic mass is 9.84. The van der Waals surface area contributed by atoms with Gasteiger partial charge in [-0.05, 0) is 43.5 Å². The first-order valence-electron chi connectivity index (χ1n) is 9.82. The number of esters is 1. The number of ether oxygens (including phenoxy) is 1. The van der Waals surface area contributed by atoms with Gasteiger partial charge in [0.05, 0.1) is 17.4 Å². The highest BCUT2D eigenvalue weighted by atomic mass is 19.4. The Morgan fingerprint density at radius 3 is 2.58 bits per heavy atom. The second-order valence-corrected chi connectivity index (χ2v) is 8.19.